The number of allylic oxidation sites excluding steroid dienone is 3. The van der Waals surface area contributed by atoms with Gasteiger partial charge in [-0.05, 0) is 13.3 Å². The van der Waals surface area contributed by atoms with Gasteiger partial charge >= 0.3 is 0 Å². The maximum absolute atomic E-state index is 11.2. The molecule has 1 aliphatic rings. The molecule has 0 spiro atoms. The van der Waals surface area contributed by atoms with Crippen LogP contribution in [-0.4, -0.2) is 5.78 Å². The van der Waals surface area contributed by atoms with Crippen LogP contribution in [0.1, 0.15) is 21.1 Å². The monoisotopic (exact) mass is 137 g/mol. The van der Waals surface area contributed by atoms with Gasteiger partial charge < -0.3 is 0 Å². The number of carbonyl (C=O) groups excluding carboxylic acids is 1. The van der Waals surface area contributed by atoms with Crippen LogP contribution in [0, 0.1) is 5.92 Å². The van der Waals surface area contributed by atoms with E-state index in [1.165, 1.54) is 0 Å². The number of hydrogen-bond donors (Lipinski definition) is 0. The van der Waals surface area contributed by atoms with Gasteiger partial charge in [-0.15, -0.1) is 6.58 Å². The van der Waals surface area contributed by atoms with Crippen LogP contribution in [0.15, 0.2) is 24.3 Å². The Morgan fingerprint density at radius 3 is 3.20 bits per heavy atom. The molecule has 0 aromatic rings. The van der Waals surface area contributed by atoms with Crippen molar-refractivity contribution in [3.8, 4) is 0 Å². The lowest BCUT2D eigenvalue weighted by Gasteiger charge is -2.05. The van der Waals surface area contributed by atoms with E-state index < -0.39 is 0 Å². The van der Waals surface area contributed by atoms with E-state index in [0.717, 1.165) is 5.57 Å². The number of rotatable bonds is 2. The molecule has 0 heterocycles. The average molecular weight is 137 g/mol. The number of carbonyl (C=O) groups is 1. The van der Waals surface area contributed by atoms with Crippen LogP contribution >= 0.6 is 0 Å². The number of Topliss-reactive ketones (excluding diaryl/α,β-unsaturated/α-hetero) is 1. The summed E-state index contributed by atoms with van der Waals surface area (Å²) in [7, 11) is 0. The lowest BCUT2D eigenvalue weighted by atomic mass is 9.98. The Bertz CT molecular complexity index is 228. The molecule has 0 N–H and O–H groups in total. The van der Waals surface area contributed by atoms with Crippen molar-refractivity contribution in [3.63, 3.8) is 0 Å². The highest BCUT2D eigenvalue weighted by Crippen LogP contribution is 2.24. The molecule has 1 nitrogen and oxygen atoms in total. The van der Waals surface area contributed by atoms with Crippen molar-refractivity contribution >= 4 is 5.78 Å². The van der Waals surface area contributed by atoms with Crippen LogP contribution in [0.25, 0.3) is 0 Å². The highest BCUT2D eigenvalue weighted by Gasteiger charge is 2.22. The van der Waals surface area contributed by atoms with Crippen LogP contribution in [0.4, 0.5) is 0 Å². The van der Waals surface area contributed by atoms with E-state index in [0.29, 0.717) is 18.9 Å². The lowest BCUT2D eigenvalue weighted by Crippen LogP contribution is -2.07. The van der Waals surface area contributed by atoms with Crippen molar-refractivity contribution in [1.82, 2.24) is 0 Å². The quantitative estimate of drug-likeness (QED) is 0.533. The van der Waals surface area contributed by atoms with Crippen molar-refractivity contribution in [3.05, 3.63) is 24.3 Å². The fourth-order valence-corrected chi connectivity index (χ4v) is 1.19. The molecule has 0 bridgehead atoms. The van der Waals surface area contributed by atoms with Gasteiger partial charge in [-0.25, -0.2) is 0 Å². The molecule has 1 heteroatoms. The van der Waals surface area contributed by atoms with Gasteiger partial charge in [-0.1, -0.05) is 17.7 Å². The van der Waals surface area contributed by atoms with Crippen molar-refractivity contribution in [2.24, 2.45) is 5.92 Å². The Morgan fingerprint density at radius 1 is 2.10 bits per heavy atom. The van der Waals surface area contributed by atoms with Gasteiger partial charge in [0, 0.05) is 12.3 Å². The summed E-state index contributed by atoms with van der Waals surface area (Å²) >= 11 is 0. The zero-order valence-corrected chi connectivity index (χ0v) is 6.18. The molecular weight excluding hydrogens is 124 g/mol. The minimum atomic E-state index is -0.0417. The molecule has 0 radical (unpaired) electrons. The van der Waals surface area contributed by atoms with Gasteiger partial charge in [-0.2, -0.15) is 0 Å². The molecule has 54 valence electrons. The van der Waals surface area contributed by atoms with Crippen LogP contribution < -0.4 is 0 Å². The fraction of sp³-hybridized carbons (Fsp3) is 0.444. The smallest absolute Gasteiger partial charge is 0.144 e. The van der Waals surface area contributed by atoms with Crippen molar-refractivity contribution in [2.45, 2.75) is 19.8 Å². The Labute approximate surface area is 62.8 Å². The van der Waals surface area contributed by atoms with Crippen molar-refractivity contribution in [2.75, 3.05) is 0 Å². The maximum Gasteiger partial charge on any atom is 0.144 e. The summed E-state index contributed by atoms with van der Waals surface area (Å²) in [6, 6.07) is 0.502. The largest absolute Gasteiger partial charge is 0.299 e. The number of ketones is 1. The summed E-state index contributed by atoms with van der Waals surface area (Å²) in [6.45, 7) is 5.44. The van der Waals surface area contributed by atoms with E-state index in [2.05, 4.69) is 6.58 Å². The Balaban J connectivity index is 2.78. The summed E-state index contributed by atoms with van der Waals surface area (Å²) in [5, 5.41) is 0. The van der Waals surface area contributed by atoms with E-state index >= 15 is 0 Å². The van der Waals surface area contributed by atoms with E-state index in [-0.39, 0.29) is 11.7 Å². The molecule has 1 atom stereocenters. The minimum absolute atomic E-state index is 0.0417. The first-order valence-electron chi connectivity index (χ1n) is 3.96. The van der Waals surface area contributed by atoms with Crippen LogP contribution in [0.3, 0.4) is 0 Å². The first kappa shape index (κ1) is 5.90. The predicted octanol–water partition coefficient (Wildman–Crippen LogP) is 2.10. The van der Waals surface area contributed by atoms with E-state index in [4.69, 9.17) is 1.37 Å². The van der Waals surface area contributed by atoms with Crippen molar-refractivity contribution < 1.29 is 6.17 Å². The van der Waals surface area contributed by atoms with Gasteiger partial charge in [0.2, 0.25) is 0 Å². The molecule has 0 amide bonds. The summed E-state index contributed by atoms with van der Waals surface area (Å²) in [5.74, 6) is 0.132. The molecule has 0 saturated heterocycles. The molecule has 0 aliphatic heterocycles. The lowest BCUT2D eigenvalue weighted by molar-refractivity contribution is -0.120. The van der Waals surface area contributed by atoms with E-state index in [1.54, 1.807) is 6.08 Å². The zero-order valence-electron chi connectivity index (χ0n) is 7.18. The molecule has 1 unspecified atom stereocenters. The van der Waals surface area contributed by atoms with Crippen LogP contribution in [-0.2, 0) is 4.79 Å². The topological polar surface area (TPSA) is 17.1 Å². The molecule has 1 rings (SSSR count). The van der Waals surface area contributed by atoms with Gasteiger partial charge in [0.05, 0.1) is 1.37 Å². The molecular formula is C9H12O. The van der Waals surface area contributed by atoms with Crippen LogP contribution in [0.2, 0.25) is 0 Å². The summed E-state index contributed by atoms with van der Waals surface area (Å²) in [6.07, 6.45) is 2.75. The van der Waals surface area contributed by atoms with Gasteiger partial charge in [0.25, 0.3) is 0 Å². The summed E-state index contributed by atoms with van der Waals surface area (Å²) < 4.78 is 7.40. The maximum atomic E-state index is 11.2. The Morgan fingerprint density at radius 2 is 2.80 bits per heavy atom. The standard InChI is InChI=1S/C9H12O/c1-3-4-8-7(2)5-6-9(8)10/h3,5,8H,1,4,6H2,2H3/i5D. The highest BCUT2D eigenvalue weighted by molar-refractivity contribution is 5.88. The first-order valence-corrected chi connectivity index (χ1v) is 3.46. The number of hydrogen-bond acceptors (Lipinski definition) is 1. The summed E-state index contributed by atoms with van der Waals surface area (Å²) in [5.41, 5.74) is 0.926. The van der Waals surface area contributed by atoms with E-state index in [1.807, 2.05) is 6.92 Å². The second kappa shape index (κ2) is 2.82. The molecule has 0 aromatic heterocycles. The van der Waals surface area contributed by atoms with E-state index in [9.17, 15) is 4.79 Å². The minimum Gasteiger partial charge on any atom is -0.299 e. The van der Waals surface area contributed by atoms with Gasteiger partial charge in [-0.3, -0.25) is 4.79 Å². The third kappa shape index (κ3) is 1.18. The molecule has 0 fully saturated rings. The van der Waals surface area contributed by atoms with Crippen LogP contribution in [0.5, 0.6) is 0 Å². The SMILES string of the molecule is [2H]C1=C(C)C(CC=C)C(=O)C1. The highest BCUT2D eigenvalue weighted by atomic mass is 16.1. The first-order chi connectivity index (χ1) is 5.16. The second-order valence-electron chi connectivity index (χ2n) is 2.58. The summed E-state index contributed by atoms with van der Waals surface area (Å²) in [4.78, 5) is 11.2. The van der Waals surface area contributed by atoms with Gasteiger partial charge in [0.1, 0.15) is 5.78 Å². The molecule has 1 aliphatic carbocycles. The predicted molar refractivity (Wildman–Crippen MR) is 41.7 cm³/mol. The molecule has 10 heavy (non-hydrogen) atoms. The second-order valence-corrected chi connectivity index (χ2v) is 2.58. The fourth-order valence-electron chi connectivity index (χ4n) is 1.19. The van der Waals surface area contributed by atoms with Gasteiger partial charge in [0.15, 0.2) is 0 Å². The third-order valence-electron chi connectivity index (χ3n) is 1.86. The third-order valence-corrected chi connectivity index (χ3v) is 1.86. The van der Waals surface area contributed by atoms with Crippen molar-refractivity contribution in [1.29, 1.82) is 0 Å². The Hall–Kier alpha value is -0.850. The Kier molecular flexibility index (Phi) is 1.67. The molecule has 0 aromatic carbocycles. The average Bonchev–Trinajstić information content (AvgIpc) is 2.17. The normalized spacial score (nSPS) is 27.1. The molecule has 0 saturated carbocycles. The zero-order chi connectivity index (χ0) is 8.43.